The number of benzene rings is 1. The fourth-order valence-corrected chi connectivity index (χ4v) is 5.06. The third kappa shape index (κ3) is 9.04. The summed E-state index contributed by atoms with van der Waals surface area (Å²) in [5, 5.41) is 12.5. The highest BCUT2D eigenvalue weighted by atomic mass is 16.4. The third-order valence-electron chi connectivity index (χ3n) is 7.73. The monoisotopic (exact) mass is 559 g/mol. The molecule has 0 bridgehead atoms. The van der Waals surface area contributed by atoms with Gasteiger partial charge in [-0.1, -0.05) is 44.2 Å². The summed E-state index contributed by atoms with van der Waals surface area (Å²) in [6.45, 7) is 9.43. The average molecular weight is 560 g/mol. The van der Waals surface area contributed by atoms with E-state index < -0.39 is 11.4 Å². The van der Waals surface area contributed by atoms with E-state index in [-0.39, 0.29) is 17.8 Å². The van der Waals surface area contributed by atoms with Gasteiger partial charge >= 0.3 is 5.97 Å². The van der Waals surface area contributed by atoms with Gasteiger partial charge in [-0.2, -0.15) is 0 Å². The van der Waals surface area contributed by atoms with Crippen LogP contribution in [0.15, 0.2) is 67.0 Å². The van der Waals surface area contributed by atoms with Crippen molar-refractivity contribution >= 4 is 29.7 Å². The van der Waals surface area contributed by atoms with E-state index in [0.29, 0.717) is 18.5 Å². The summed E-state index contributed by atoms with van der Waals surface area (Å²) in [6.07, 6.45) is 8.45. The van der Waals surface area contributed by atoms with Crippen LogP contribution in [-0.2, 0) is 22.7 Å². The van der Waals surface area contributed by atoms with Gasteiger partial charge in [-0.25, -0.2) is 0 Å². The van der Waals surface area contributed by atoms with E-state index >= 15 is 0 Å². The number of rotatable bonds is 12. The SMILES string of the molecule is CCC(CC)(CC(=O)Nc1cccc(/C=C/c2cccc(CN3CCN(Cc4cccnc4)CC3)n2)c1)C(=O)O.O. The zero-order valence-electron chi connectivity index (χ0n) is 23.9. The Labute approximate surface area is 242 Å². The Kier molecular flexibility index (Phi) is 11.7. The zero-order chi connectivity index (χ0) is 28.4. The van der Waals surface area contributed by atoms with Crippen LogP contribution in [0.2, 0.25) is 0 Å². The molecular formula is C32H41N5O4. The van der Waals surface area contributed by atoms with E-state index in [4.69, 9.17) is 4.98 Å². The highest BCUT2D eigenvalue weighted by Gasteiger charge is 2.37. The number of aliphatic carboxylic acids is 1. The maximum Gasteiger partial charge on any atom is 0.310 e. The number of hydrogen-bond acceptors (Lipinski definition) is 6. The van der Waals surface area contributed by atoms with Crippen LogP contribution in [0, 0.1) is 5.41 Å². The quantitative estimate of drug-likeness (QED) is 0.337. The van der Waals surface area contributed by atoms with Crippen molar-refractivity contribution in [1.82, 2.24) is 19.8 Å². The number of carboxylic acid groups (broad SMARTS) is 1. The molecule has 41 heavy (non-hydrogen) atoms. The molecule has 1 aliphatic heterocycles. The number of carbonyl (C=O) groups is 2. The largest absolute Gasteiger partial charge is 0.481 e. The van der Waals surface area contributed by atoms with Crippen molar-refractivity contribution in [2.75, 3.05) is 31.5 Å². The smallest absolute Gasteiger partial charge is 0.310 e. The van der Waals surface area contributed by atoms with Gasteiger partial charge in [0.25, 0.3) is 0 Å². The van der Waals surface area contributed by atoms with E-state index in [1.807, 2.05) is 80.9 Å². The van der Waals surface area contributed by atoms with Crippen molar-refractivity contribution in [2.45, 2.75) is 46.2 Å². The molecule has 0 spiro atoms. The van der Waals surface area contributed by atoms with Crippen molar-refractivity contribution in [3.63, 3.8) is 0 Å². The highest BCUT2D eigenvalue weighted by Crippen LogP contribution is 2.31. The van der Waals surface area contributed by atoms with Crippen molar-refractivity contribution in [1.29, 1.82) is 0 Å². The molecule has 0 aliphatic carbocycles. The lowest BCUT2D eigenvalue weighted by Gasteiger charge is -2.34. The first kappa shape index (κ1) is 31.6. The van der Waals surface area contributed by atoms with Crippen LogP contribution in [0.25, 0.3) is 12.2 Å². The Morgan fingerprint density at radius 3 is 2.32 bits per heavy atom. The van der Waals surface area contributed by atoms with Gasteiger partial charge < -0.3 is 15.9 Å². The number of hydrogen-bond donors (Lipinski definition) is 2. The van der Waals surface area contributed by atoms with Crippen LogP contribution < -0.4 is 5.32 Å². The minimum atomic E-state index is -1.04. The standard InChI is InChI=1S/C32H39N5O3.H2O/c1-3-32(4-2,31(39)40)21-30(38)35-28-11-5-8-25(20-28)13-14-27-10-6-12-29(34-27)24-37-18-16-36(17-19-37)23-26-9-7-15-33-22-26;/h5-15,20,22H,3-4,16-19,21,23-24H2,1-2H3,(H,35,38)(H,39,40);1H2/b14-13+;. The summed E-state index contributed by atoms with van der Waals surface area (Å²) in [4.78, 5) is 38.3. The summed E-state index contributed by atoms with van der Waals surface area (Å²) < 4.78 is 0. The molecule has 3 aromatic rings. The third-order valence-corrected chi connectivity index (χ3v) is 7.73. The number of carbonyl (C=O) groups excluding carboxylic acids is 1. The van der Waals surface area contributed by atoms with Crippen LogP contribution in [0.1, 0.15) is 55.6 Å². The lowest BCUT2D eigenvalue weighted by Crippen LogP contribution is -2.45. The molecule has 1 aromatic carbocycles. The van der Waals surface area contributed by atoms with Crippen molar-refractivity contribution in [3.8, 4) is 0 Å². The number of anilines is 1. The van der Waals surface area contributed by atoms with Gasteiger partial charge in [0, 0.05) is 63.8 Å². The second-order valence-corrected chi connectivity index (χ2v) is 10.4. The Balaban J connectivity index is 0.00000462. The molecule has 4 N–H and O–H groups in total. The Hall–Kier alpha value is -3.92. The van der Waals surface area contributed by atoms with E-state index in [2.05, 4.69) is 32.2 Å². The molecule has 2 aromatic heterocycles. The molecule has 9 nitrogen and oxygen atoms in total. The normalized spacial score (nSPS) is 14.5. The zero-order valence-corrected chi connectivity index (χ0v) is 23.9. The average Bonchev–Trinajstić information content (AvgIpc) is 2.97. The number of carboxylic acids is 1. The first-order valence-corrected chi connectivity index (χ1v) is 14.0. The predicted octanol–water partition coefficient (Wildman–Crippen LogP) is 4.36. The molecule has 0 saturated carbocycles. The number of piperazine rings is 1. The van der Waals surface area contributed by atoms with Crippen LogP contribution in [0.4, 0.5) is 5.69 Å². The molecule has 3 heterocycles. The lowest BCUT2D eigenvalue weighted by molar-refractivity contribution is -0.151. The van der Waals surface area contributed by atoms with Gasteiger partial charge in [-0.15, -0.1) is 0 Å². The number of nitrogens with one attached hydrogen (secondary N) is 1. The lowest BCUT2D eigenvalue weighted by atomic mass is 9.79. The minimum Gasteiger partial charge on any atom is -0.481 e. The van der Waals surface area contributed by atoms with E-state index in [1.165, 1.54) is 5.56 Å². The Morgan fingerprint density at radius 1 is 0.951 bits per heavy atom. The fraction of sp³-hybridized carbons (Fsp3) is 0.375. The first-order valence-electron chi connectivity index (χ1n) is 14.0. The van der Waals surface area contributed by atoms with E-state index in [9.17, 15) is 14.7 Å². The predicted molar refractivity (Wildman–Crippen MR) is 162 cm³/mol. The minimum absolute atomic E-state index is 0. The van der Waals surface area contributed by atoms with Gasteiger partial charge in [-0.3, -0.25) is 29.4 Å². The van der Waals surface area contributed by atoms with Crippen molar-refractivity contribution in [2.24, 2.45) is 5.41 Å². The highest BCUT2D eigenvalue weighted by molar-refractivity contribution is 5.94. The van der Waals surface area contributed by atoms with E-state index in [1.54, 1.807) is 0 Å². The van der Waals surface area contributed by atoms with Gasteiger partial charge in [0.05, 0.1) is 16.8 Å². The van der Waals surface area contributed by atoms with Gasteiger partial charge in [0.1, 0.15) is 0 Å². The van der Waals surface area contributed by atoms with E-state index in [0.717, 1.165) is 56.2 Å². The summed E-state index contributed by atoms with van der Waals surface area (Å²) in [6, 6.07) is 17.7. The second kappa shape index (κ2) is 15.2. The van der Waals surface area contributed by atoms with Crippen LogP contribution in [0.5, 0.6) is 0 Å². The van der Waals surface area contributed by atoms with Crippen LogP contribution >= 0.6 is 0 Å². The number of nitrogens with zero attached hydrogens (tertiary/aromatic N) is 4. The number of amides is 1. The van der Waals surface area contributed by atoms with Gasteiger partial charge in [-0.05, 0) is 60.4 Å². The van der Waals surface area contributed by atoms with Crippen LogP contribution in [-0.4, -0.2) is 68.4 Å². The summed E-state index contributed by atoms with van der Waals surface area (Å²) in [5.74, 6) is -1.22. The molecule has 9 heteroatoms. The topological polar surface area (TPSA) is 130 Å². The molecule has 4 rings (SSSR count). The Morgan fingerprint density at radius 2 is 1.66 bits per heavy atom. The molecule has 1 aliphatic rings. The Bertz CT molecular complexity index is 1300. The molecule has 1 amide bonds. The molecular weight excluding hydrogens is 518 g/mol. The fourth-order valence-electron chi connectivity index (χ4n) is 5.06. The number of aromatic nitrogens is 2. The maximum absolute atomic E-state index is 12.6. The second-order valence-electron chi connectivity index (χ2n) is 10.4. The van der Waals surface area contributed by atoms with Crippen molar-refractivity contribution in [3.05, 3.63) is 89.5 Å². The molecule has 218 valence electrons. The summed E-state index contributed by atoms with van der Waals surface area (Å²) in [5.41, 5.74) is 3.69. The van der Waals surface area contributed by atoms with Gasteiger partial charge in [0.2, 0.25) is 5.91 Å². The summed E-state index contributed by atoms with van der Waals surface area (Å²) >= 11 is 0. The molecule has 1 saturated heterocycles. The van der Waals surface area contributed by atoms with Gasteiger partial charge in [0.15, 0.2) is 0 Å². The molecule has 0 unspecified atom stereocenters. The molecule has 0 radical (unpaired) electrons. The first-order chi connectivity index (χ1) is 19.4. The maximum atomic E-state index is 12.6. The summed E-state index contributed by atoms with van der Waals surface area (Å²) in [7, 11) is 0. The van der Waals surface area contributed by atoms with Crippen molar-refractivity contribution < 1.29 is 20.2 Å². The molecule has 1 fully saturated rings. The van der Waals surface area contributed by atoms with Crippen LogP contribution in [0.3, 0.4) is 0 Å². The number of pyridine rings is 2. The molecule has 0 atom stereocenters.